The van der Waals surface area contributed by atoms with Crippen molar-refractivity contribution in [2.24, 2.45) is 10.9 Å². The molecule has 1 amide bonds. The predicted octanol–water partition coefficient (Wildman–Crippen LogP) is 2.52. The topological polar surface area (TPSA) is 50.7 Å². The molecule has 1 unspecified atom stereocenters. The highest BCUT2D eigenvalue weighted by molar-refractivity contribution is 6.14. The number of nitrogens with zero attached hydrogens (tertiary/aromatic N) is 1. The molecule has 0 radical (unpaired) electrons. The summed E-state index contributed by atoms with van der Waals surface area (Å²) in [5.41, 5.74) is 2.60. The van der Waals surface area contributed by atoms with Gasteiger partial charge in [0, 0.05) is 11.8 Å². The maximum atomic E-state index is 12.0. The fourth-order valence-electron chi connectivity index (χ4n) is 2.46. The predicted molar refractivity (Wildman–Crippen MR) is 66.1 cm³/mol. The van der Waals surface area contributed by atoms with E-state index in [0.29, 0.717) is 0 Å². The first-order valence-electron chi connectivity index (χ1n) is 5.84. The summed E-state index contributed by atoms with van der Waals surface area (Å²) in [6.07, 6.45) is 2.90. The lowest BCUT2D eigenvalue weighted by Gasteiger charge is -2.09. The molecule has 0 spiro atoms. The van der Waals surface area contributed by atoms with Crippen LogP contribution in [0.2, 0.25) is 0 Å². The first-order valence-corrected chi connectivity index (χ1v) is 5.84. The molecule has 0 aromatic heterocycles. The van der Waals surface area contributed by atoms with Crippen molar-refractivity contribution in [3.05, 3.63) is 18.2 Å². The molecule has 2 aliphatic rings. The molecule has 1 heterocycles. The summed E-state index contributed by atoms with van der Waals surface area (Å²) in [5, 5.41) is 2.94. The van der Waals surface area contributed by atoms with E-state index in [2.05, 4.69) is 10.3 Å². The van der Waals surface area contributed by atoms with Crippen molar-refractivity contribution in [3.8, 4) is 5.75 Å². The molecule has 4 nitrogen and oxygen atoms in total. The van der Waals surface area contributed by atoms with Crippen molar-refractivity contribution in [1.82, 2.24) is 0 Å². The molecule has 1 N–H and O–H groups in total. The average Bonchev–Trinajstić information content (AvgIpc) is 2.75. The van der Waals surface area contributed by atoms with Crippen LogP contribution in [0.15, 0.2) is 23.2 Å². The van der Waals surface area contributed by atoms with E-state index in [1.165, 1.54) is 0 Å². The second kappa shape index (κ2) is 3.87. The third-order valence-electron chi connectivity index (χ3n) is 3.37. The molecule has 0 bridgehead atoms. The van der Waals surface area contributed by atoms with E-state index in [1.807, 2.05) is 18.2 Å². The highest BCUT2D eigenvalue weighted by Crippen LogP contribution is 2.36. The van der Waals surface area contributed by atoms with Crippen molar-refractivity contribution in [2.75, 3.05) is 12.4 Å². The van der Waals surface area contributed by atoms with Gasteiger partial charge >= 0.3 is 0 Å². The molecule has 1 fully saturated rings. The number of hydrogen-bond donors (Lipinski definition) is 1. The molecule has 3 rings (SSSR count). The standard InChI is InChI=1S/C13H14N2O2/c1-17-8-5-6-11-12(7-8)15-13(16)9-3-2-4-10(9)14-11/h5-7,9H,2-4H2,1H3,(H,15,16). The molecule has 0 saturated heterocycles. The van der Waals surface area contributed by atoms with Crippen LogP contribution in [0.1, 0.15) is 19.3 Å². The van der Waals surface area contributed by atoms with Crippen molar-refractivity contribution < 1.29 is 9.53 Å². The Kier molecular flexibility index (Phi) is 2.35. The quantitative estimate of drug-likeness (QED) is 0.805. The van der Waals surface area contributed by atoms with E-state index in [4.69, 9.17) is 4.74 Å². The van der Waals surface area contributed by atoms with Gasteiger partial charge in [0.15, 0.2) is 0 Å². The third kappa shape index (κ3) is 1.69. The monoisotopic (exact) mass is 230 g/mol. The molecule has 1 atom stereocenters. The zero-order valence-corrected chi connectivity index (χ0v) is 9.69. The number of rotatable bonds is 1. The summed E-state index contributed by atoms with van der Waals surface area (Å²) in [4.78, 5) is 16.6. The van der Waals surface area contributed by atoms with E-state index in [0.717, 1.165) is 42.1 Å². The van der Waals surface area contributed by atoms with Crippen LogP contribution in [-0.4, -0.2) is 18.7 Å². The van der Waals surface area contributed by atoms with Crippen LogP contribution in [0.5, 0.6) is 5.75 Å². The fourth-order valence-corrected chi connectivity index (χ4v) is 2.46. The number of methoxy groups -OCH3 is 1. The Morgan fingerprint density at radius 3 is 3.18 bits per heavy atom. The lowest BCUT2D eigenvalue weighted by molar-refractivity contribution is -0.117. The zero-order chi connectivity index (χ0) is 11.8. The molecule has 1 aromatic rings. The summed E-state index contributed by atoms with van der Waals surface area (Å²) in [6, 6.07) is 5.57. The van der Waals surface area contributed by atoms with Crippen LogP contribution in [0, 0.1) is 5.92 Å². The molecular formula is C13H14N2O2. The van der Waals surface area contributed by atoms with Crippen LogP contribution in [-0.2, 0) is 4.79 Å². The second-order valence-electron chi connectivity index (χ2n) is 4.42. The van der Waals surface area contributed by atoms with Crippen LogP contribution < -0.4 is 10.1 Å². The number of carbonyl (C=O) groups excluding carboxylic acids is 1. The van der Waals surface area contributed by atoms with Gasteiger partial charge in [0.05, 0.1) is 24.4 Å². The Bertz CT molecular complexity index is 508. The summed E-state index contributed by atoms with van der Waals surface area (Å²) < 4.78 is 5.15. The maximum absolute atomic E-state index is 12.0. The summed E-state index contributed by atoms with van der Waals surface area (Å²) in [5.74, 6) is 0.762. The van der Waals surface area contributed by atoms with Gasteiger partial charge < -0.3 is 10.1 Å². The Balaban J connectivity index is 2.08. The number of ether oxygens (including phenoxy) is 1. The molecule has 1 saturated carbocycles. The average molecular weight is 230 g/mol. The molecule has 1 aliphatic carbocycles. The van der Waals surface area contributed by atoms with Gasteiger partial charge in [0.2, 0.25) is 5.91 Å². The summed E-state index contributed by atoms with van der Waals surface area (Å²) in [6.45, 7) is 0. The molecular weight excluding hydrogens is 216 g/mol. The maximum Gasteiger partial charge on any atom is 0.233 e. The van der Waals surface area contributed by atoms with Gasteiger partial charge in [-0.15, -0.1) is 0 Å². The van der Waals surface area contributed by atoms with E-state index >= 15 is 0 Å². The second-order valence-corrected chi connectivity index (χ2v) is 4.42. The van der Waals surface area contributed by atoms with E-state index < -0.39 is 0 Å². The minimum atomic E-state index is -0.0339. The highest BCUT2D eigenvalue weighted by atomic mass is 16.5. The van der Waals surface area contributed by atoms with Crippen LogP contribution in [0.3, 0.4) is 0 Å². The highest BCUT2D eigenvalue weighted by Gasteiger charge is 2.31. The Hall–Kier alpha value is -1.84. The van der Waals surface area contributed by atoms with Gasteiger partial charge in [0.25, 0.3) is 0 Å². The number of amides is 1. The number of nitrogens with one attached hydrogen (secondary N) is 1. The lowest BCUT2D eigenvalue weighted by atomic mass is 10.1. The Labute approximate surface area is 99.7 Å². The molecule has 17 heavy (non-hydrogen) atoms. The first kappa shape index (κ1) is 10.3. The van der Waals surface area contributed by atoms with Gasteiger partial charge in [-0.2, -0.15) is 0 Å². The number of anilines is 1. The minimum absolute atomic E-state index is 0.0339. The van der Waals surface area contributed by atoms with Crippen LogP contribution in [0.25, 0.3) is 0 Å². The number of benzene rings is 1. The van der Waals surface area contributed by atoms with E-state index in [1.54, 1.807) is 7.11 Å². The number of fused-ring (bicyclic) bond motifs is 2. The van der Waals surface area contributed by atoms with Crippen molar-refractivity contribution in [3.63, 3.8) is 0 Å². The number of hydrogen-bond acceptors (Lipinski definition) is 3. The number of aliphatic imine (C=N–C) groups is 1. The molecule has 1 aliphatic heterocycles. The van der Waals surface area contributed by atoms with Crippen molar-refractivity contribution in [2.45, 2.75) is 19.3 Å². The van der Waals surface area contributed by atoms with E-state index in [9.17, 15) is 4.79 Å². The van der Waals surface area contributed by atoms with Crippen molar-refractivity contribution in [1.29, 1.82) is 0 Å². The van der Waals surface area contributed by atoms with Gasteiger partial charge in [-0.1, -0.05) is 0 Å². The third-order valence-corrected chi connectivity index (χ3v) is 3.37. The largest absolute Gasteiger partial charge is 0.497 e. The van der Waals surface area contributed by atoms with Gasteiger partial charge in [0.1, 0.15) is 5.75 Å². The minimum Gasteiger partial charge on any atom is -0.497 e. The zero-order valence-electron chi connectivity index (χ0n) is 9.69. The molecule has 1 aromatic carbocycles. The summed E-state index contributed by atoms with van der Waals surface area (Å²) >= 11 is 0. The number of carbonyl (C=O) groups is 1. The van der Waals surface area contributed by atoms with Gasteiger partial charge in [-0.3, -0.25) is 9.79 Å². The summed E-state index contributed by atoms with van der Waals surface area (Å²) in [7, 11) is 1.61. The molecule has 4 heteroatoms. The van der Waals surface area contributed by atoms with Crippen LogP contribution >= 0.6 is 0 Å². The fraction of sp³-hybridized carbons (Fsp3) is 0.385. The molecule has 88 valence electrons. The van der Waals surface area contributed by atoms with Crippen LogP contribution in [0.4, 0.5) is 11.4 Å². The van der Waals surface area contributed by atoms with E-state index in [-0.39, 0.29) is 11.8 Å². The lowest BCUT2D eigenvalue weighted by Crippen LogP contribution is -2.24. The smallest absolute Gasteiger partial charge is 0.233 e. The normalized spacial score (nSPS) is 22.1. The van der Waals surface area contributed by atoms with Gasteiger partial charge in [-0.05, 0) is 31.4 Å². The SMILES string of the molecule is COc1ccc2c(c1)NC(=O)C1CCCC1=N2. The van der Waals surface area contributed by atoms with Gasteiger partial charge in [-0.25, -0.2) is 0 Å². The Morgan fingerprint density at radius 1 is 1.47 bits per heavy atom. The first-order chi connectivity index (χ1) is 8.28. The Morgan fingerprint density at radius 2 is 2.35 bits per heavy atom. The van der Waals surface area contributed by atoms with Crippen molar-refractivity contribution >= 4 is 23.0 Å².